The lowest BCUT2D eigenvalue weighted by atomic mass is 10.3. The zero-order valence-electron chi connectivity index (χ0n) is 11.8. The van der Waals surface area contributed by atoms with E-state index in [1.807, 2.05) is 35.0 Å². The van der Waals surface area contributed by atoms with Gasteiger partial charge in [0.15, 0.2) is 0 Å². The van der Waals surface area contributed by atoms with Crippen molar-refractivity contribution in [3.63, 3.8) is 0 Å². The molecule has 2 aromatic rings. The van der Waals surface area contributed by atoms with Crippen molar-refractivity contribution >= 4 is 11.6 Å². The number of nitrogens with zero attached hydrogens (tertiary/aromatic N) is 1. The summed E-state index contributed by atoms with van der Waals surface area (Å²) in [6.07, 6.45) is 4.29. The summed E-state index contributed by atoms with van der Waals surface area (Å²) in [4.78, 5) is 12.1. The number of rotatable bonds is 6. The second-order valence-corrected chi connectivity index (χ2v) is 5.21. The number of anilines is 1. The van der Waals surface area contributed by atoms with Gasteiger partial charge in [0.25, 0.3) is 5.91 Å². The Morgan fingerprint density at radius 1 is 1.33 bits per heavy atom. The molecule has 5 nitrogen and oxygen atoms in total. The molecular weight excluding hydrogens is 266 g/mol. The van der Waals surface area contributed by atoms with Crippen molar-refractivity contribution in [1.82, 2.24) is 9.88 Å². The van der Waals surface area contributed by atoms with E-state index in [9.17, 15) is 4.79 Å². The quantitative estimate of drug-likeness (QED) is 0.631. The molecule has 5 heteroatoms. The predicted octanol–water partition coefficient (Wildman–Crippen LogP) is 2.21. The Morgan fingerprint density at radius 3 is 2.95 bits per heavy atom. The van der Waals surface area contributed by atoms with Crippen molar-refractivity contribution in [2.75, 3.05) is 18.9 Å². The number of amides is 1. The number of aromatic nitrogens is 1. The van der Waals surface area contributed by atoms with Crippen LogP contribution in [0.25, 0.3) is 0 Å². The highest BCUT2D eigenvalue weighted by Gasteiger charge is 2.26. The van der Waals surface area contributed by atoms with Crippen molar-refractivity contribution in [2.45, 2.75) is 18.9 Å². The summed E-state index contributed by atoms with van der Waals surface area (Å²) < 4.78 is 7.59. The van der Waals surface area contributed by atoms with Gasteiger partial charge in [0, 0.05) is 24.0 Å². The first-order valence-corrected chi connectivity index (χ1v) is 7.17. The molecule has 0 atom stereocenters. The first kappa shape index (κ1) is 13.5. The third-order valence-electron chi connectivity index (χ3n) is 3.47. The van der Waals surface area contributed by atoms with Crippen LogP contribution in [0.15, 0.2) is 42.6 Å². The lowest BCUT2D eigenvalue weighted by Crippen LogP contribution is -2.29. The zero-order chi connectivity index (χ0) is 14.7. The fourth-order valence-corrected chi connectivity index (χ4v) is 2.29. The first-order valence-electron chi connectivity index (χ1n) is 7.17. The highest BCUT2D eigenvalue weighted by Crippen LogP contribution is 2.35. The Bertz CT molecular complexity index is 632. The van der Waals surface area contributed by atoms with Crippen LogP contribution in [0.2, 0.25) is 0 Å². The van der Waals surface area contributed by atoms with Gasteiger partial charge in [-0.15, -0.1) is 0 Å². The van der Waals surface area contributed by atoms with E-state index in [1.165, 1.54) is 0 Å². The van der Waals surface area contributed by atoms with Crippen LogP contribution < -0.4 is 15.8 Å². The van der Waals surface area contributed by atoms with E-state index in [0.29, 0.717) is 30.6 Å². The van der Waals surface area contributed by atoms with E-state index in [2.05, 4.69) is 5.32 Å². The maximum Gasteiger partial charge on any atom is 0.268 e. The number of nitrogens with one attached hydrogen (secondary N) is 1. The van der Waals surface area contributed by atoms with Crippen LogP contribution in [-0.2, 0) is 0 Å². The van der Waals surface area contributed by atoms with Crippen LogP contribution in [0.4, 0.5) is 5.69 Å². The molecule has 0 spiro atoms. The van der Waals surface area contributed by atoms with E-state index >= 15 is 0 Å². The van der Waals surface area contributed by atoms with Gasteiger partial charge < -0.3 is 20.4 Å². The molecule has 0 aliphatic heterocycles. The molecule has 0 unspecified atom stereocenters. The monoisotopic (exact) mass is 285 g/mol. The third-order valence-corrected chi connectivity index (χ3v) is 3.47. The molecule has 1 saturated carbocycles. The van der Waals surface area contributed by atoms with Gasteiger partial charge in [-0.25, -0.2) is 0 Å². The van der Waals surface area contributed by atoms with E-state index in [-0.39, 0.29) is 5.91 Å². The summed E-state index contributed by atoms with van der Waals surface area (Å²) in [5.74, 6) is 0.661. The van der Waals surface area contributed by atoms with Crippen LogP contribution in [-0.4, -0.2) is 23.6 Å². The summed E-state index contributed by atoms with van der Waals surface area (Å²) >= 11 is 0. The minimum Gasteiger partial charge on any atom is -0.492 e. The molecule has 1 heterocycles. The predicted molar refractivity (Wildman–Crippen MR) is 81.4 cm³/mol. The van der Waals surface area contributed by atoms with Gasteiger partial charge in [-0.3, -0.25) is 4.79 Å². The molecule has 3 rings (SSSR count). The number of benzene rings is 1. The van der Waals surface area contributed by atoms with Crippen molar-refractivity contribution in [3.05, 3.63) is 48.3 Å². The molecule has 1 aromatic heterocycles. The lowest BCUT2D eigenvalue weighted by Gasteiger charge is -2.10. The van der Waals surface area contributed by atoms with Crippen LogP contribution in [0.5, 0.6) is 5.75 Å². The molecule has 1 aromatic carbocycles. The molecular formula is C16H19N3O2. The van der Waals surface area contributed by atoms with Crippen LogP contribution >= 0.6 is 0 Å². The average molecular weight is 285 g/mol. The molecule has 1 amide bonds. The number of nitrogens with two attached hydrogens (primary N) is 1. The van der Waals surface area contributed by atoms with E-state index in [4.69, 9.17) is 10.5 Å². The van der Waals surface area contributed by atoms with Gasteiger partial charge in [0.1, 0.15) is 18.1 Å². The molecule has 3 N–H and O–H groups in total. The third kappa shape index (κ3) is 3.37. The van der Waals surface area contributed by atoms with Crippen molar-refractivity contribution in [1.29, 1.82) is 0 Å². The Hall–Kier alpha value is -2.43. The van der Waals surface area contributed by atoms with Gasteiger partial charge in [0.05, 0.1) is 6.54 Å². The Morgan fingerprint density at radius 2 is 2.19 bits per heavy atom. The maximum atomic E-state index is 12.1. The topological polar surface area (TPSA) is 69.3 Å². The van der Waals surface area contributed by atoms with Crippen molar-refractivity contribution in [3.8, 4) is 5.75 Å². The van der Waals surface area contributed by atoms with E-state index in [0.717, 1.165) is 18.5 Å². The fourth-order valence-electron chi connectivity index (χ4n) is 2.29. The second-order valence-electron chi connectivity index (χ2n) is 5.21. The highest BCUT2D eigenvalue weighted by atomic mass is 16.5. The van der Waals surface area contributed by atoms with Gasteiger partial charge in [-0.2, -0.15) is 0 Å². The molecule has 21 heavy (non-hydrogen) atoms. The summed E-state index contributed by atoms with van der Waals surface area (Å²) in [6, 6.07) is 11.5. The van der Waals surface area contributed by atoms with Crippen LogP contribution in [0, 0.1) is 0 Å². The van der Waals surface area contributed by atoms with Gasteiger partial charge in [-0.1, -0.05) is 6.07 Å². The minimum atomic E-state index is -0.0527. The summed E-state index contributed by atoms with van der Waals surface area (Å²) in [5.41, 5.74) is 7.06. The maximum absolute atomic E-state index is 12.1. The largest absolute Gasteiger partial charge is 0.492 e. The minimum absolute atomic E-state index is 0.0527. The van der Waals surface area contributed by atoms with Crippen LogP contribution in [0.1, 0.15) is 29.4 Å². The smallest absolute Gasteiger partial charge is 0.268 e. The molecule has 1 aliphatic carbocycles. The second kappa shape index (κ2) is 5.91. The SMILES string of the molecule is Nc1cccc(OCCNC(=O)c2cccn2C2CC2)c1. The summed E-state index contributed by atoms with van der Waals surface area (Å²) in [7, 11) is 0. The van der Waals surface area contributed by atoms with Gasteiger partial charge in [-0.05, 0) is 37.1 Å². The first-order chi connectivity index (χ1) is 10.2. The Labute approximate surface area is 123 Å². The van der Waals surface area contributed by atoms with E-state index < -0.39 is 0 Å². The van der Waals surface area contributed by atoms with Gasteiger partial charge >= 0.3 is 0 Å². The fraction of sp³-hybridized carbons (Fsp3) is 0.312. The van der Waals surface area contributed by atoms with E-state index in [1.54, 1.807) is 12.1 Å². The van der Waals surface area contributed by atoms with Crippen LogP contribution in [0.3, 0.4) is 0 Å². The Balaban J connectivity index is 1.47. The number of hydrogen-bond acceptors (Lipinski definition) is 3. The number of hydrogen-bond donors (Lipinski definition) is 2. The summed E-state index contributed by atoms with van der Waals surface area (Å²) in [6.45, 7) is 0.878. The number of ether oxygens (including phenoxy) is 1. The molecule has 0 bridgehead atoms. The molecule has 1 aliphatic rings. The zero-order valence-corrected chi connectivity index (χ0v) is 11.8. The van der Waals surface area contributed by atoms with Crippen molar-refractivity contribution in [2.24, 2.45) is 0 Å². The lowest BCUT2D eigenvalue weighted by molar-refractivity contribution is 0.0937. The van der Waals surface area contributed by atoms with Gasteiger partial charge in [0.2, 0.25) is 0 Å². The average Bonchev–Trinajstić information content (AvgIpc) is 3.20. The highest BCUT2D eigenvalue weighted by molar-refractivity contribution is 5.92. The molecule has 1 fully saturated rings. The summed E-state index contributed by atoms with van der Waals surface area (Å²) in [5, 5.41) is 2.88. The Kier molecular flexibility index (Phi) is 3.81. The molecule has 0 saturated heterocycles. The molecule has 0 radical (unpaired) electrons. The standard InChI is InChI=1S/C16H19N3O2/c17-12-3-1-4-14(11-12)21-10-8-18-16(20)15-5-2-9-19(15)13-6-7-13/h1-5,9,11,13H,6-8,10,17H2,(H,18,20). The number of nitrogen functional groups attached to an aromatic ring is 1. The van der Waals surface area contributed by atoms with Crippen molar-refractivity contribution < 1.29 is 9.53 Å². The number of carbonyl (C=O) groups excluding carboxylic acids is 1. The normalized spacial score (nSPS) is 13.9. The number of carbonyl (C=O) groups is 1. The molecule has 110 valence electrons.